The number of ether oxygens (including phenoxy) is 1. The third-order valence-electron chi connectivity index (χ3n) is 3.99. The van der Waals surface area contributed by atoms with Crippen LogP contribution in [0.2, 0.25) is 0 Å². The molecule has 0 saturated heterocycles. The first-order valence-corrected chi connectivity index (χ1v) is 8.51. The highest BCUT2D eigenvalue weighted by atomic mass is 19.1. The van der Waals surface area contributed by atoms with E-state index in [2.05, 4.69) is 20.6 Å². The van der Waals surface area contributed by atoms with Crippen molar-refractivity contribution < 1.29 is 18.3 Å². The van der Waals surface area contributed by atoms with E-state index in [1.807, 2.05) is 24.3 Å². The Bertz CT molecular complexity index is 944. The molecule has 2 aromatic carbocycles. The van der Waals surface area contributed by atoms with E-state index in [1.165, 1.54) is 18.5 Å². The number of aromatic nitrogens is 2. The van der Waals surface area contributed by atoms with E-state index < -0.39 is 23.2 Å². The van der Waals surface area contributed by atoms with Crippen molar-refractivity contribution in [1.82, 2.24) is 9.97 Å². The number of hydrogen-bond donors (Lipinski definition) is 2. The summed E-state index contributed by atoms with van der Waals surface area (Å²) in [6.45, 7) is 0.562. The minimum absolute atomic E-state index is 0.0814. The van der Waals surface area contributed by atoms with Crippen LogP contribution < -0.4 is 15.4 Å². The summed E-state index contributed by atoms with van der Waals surface area (Å²) in [5.74, 6) is -1.28. The van der Waals surface area contributed by atoms with Gasteiger partial charge in [0.1, 0.15) is 23.1 Å². The van der Waals surface area contributed by atoms with Crippen molar-refractivity contribution in [2.75, 3.05) is 24.3 Å². The van der Waals surface area contributed by atoms with Crippen LogP contribution in [-0.4, -0.2) is 29.5 Å². The van der Waals surface area contributed by atoms with Gasteiger partial charge in [0, 0.05) is 18.9 Å². The minimum Gasteiger partial charge on any atom is -0.496 e. The van der Waals surface area contributed by atoms with Gasteiger partial charge in [0.05, 0.1) is 12.7 Å². The zero-order chi connectivity index (χ0) is 19.9. The van der Waals surface area contributed by atoms with Gasteiger partial charge in [-0.3, -0.25) is 4.79 Å². The third kappa shape index (κ3) is 4.59. The molecule has 6 nitrogen and oxygen atoms in total. The molecule has 3 rings (SSSR count). The summed E-state index contributed by atoms with van der Waals surface area (Å²) in [6.07, 6.45) is 3.27. The molecule has 0 atom stereocenters. The fraction of sp³-hybridized carbons (Fsp3) is 0.150. The Balaban J connectivity index is 1.58. The van der Waals surface area contributed by atoms with Crippen LogP contribution in [0, 0.1) is 11.6 Å². The van der Waals surface area contributed by atoms with Crippen molar-refractivity contribution in [3.8, 4) is 5.75 Å². The molecule has 3 aromatic rings. The van der Waals surface area contributed by atoms with Gasteiger partial charge in [0.2, 0.25) is 5.95 Å². The first kappa shape index (κ1) is 19.2. The second-order valence-corrected chi connectivity index (χ2v) is 5.83. The number of rotatable bonds is 7. The molecule has 2 N–H and O–H groups in total. The number of methoxy groups -OCH3 is 1. The van der Waals surface area contributed by atoms with Gasteiger partial charge in [-0.2, -0.15) is 0 Å². The Morgan fingerprint density at radius 2 is 1.71 bits per heavy atom. The Morgan fingerprint density at radius 1 is 1.04 bits per heavy atom. The standard InChI is InChI=1S/C20H18F2N4O2/c1-28-17-8-3-2-5-13(17)9-10-23-20-24-11-14(12-25-20)19(27)26-18-15(21)6-4-7-16(18)22/h2-8,11-12H,9-10H2,1H3,(H,26,27)(H,23,24,25). The molecule has 1 aromatic heterocycles. The molecule has 144 valence electrons. The molecule has 0 saturated carbocycles. The highest BCUT2D eigenvalue weighted by molar-refractivity contribution is 6.04. The van der Waals surface area contributed by atoms with E-state index in [1.54, 1.807) is 7.11 Å². The van der Waals surface area contributed by atoms with E-state index in [0.29, 0.717) is 18.9 Å². The molecule has 0 bridgehead atoms. The lowest BCUT2D eigenvalue weighted by atomic mass is 10.1. The molecule has 1 heterocycles. The fourth-order valence-corrected chi connectivity index (χ4v) is 2.56. The molecule has 1 amide bonds. The molecule has 0 aliphatic carbocycles. The number of nitrogens with zero attached hydrogens (tertiary/aromatic N) is 2. The zero-order valence-corrected chi connectivity index (χ0v) is 15.1. The molecular weight excluding hydrogens is 366 g/mol. The van der Waals surface area contributed by atoms with Crippen LogP contribution in [0.1, 0.15) is 15.9 Å². The molecule has 0 unspecified atom stereocenters. The van der Waals surface area contributed by atoms with Crippen molar-refractivity contribution in [2.45, 2.75) is 6.42 Å². The van der Waals surface area contributed by atoms with Gasteiger partial charge in [-0.1, -0.05) is 24.3 Å². The maximum atomic E-state index is 13.6. The van der Waals surface area contributed by atoms with E-state index >= 15 is 0 Å². The predicted octanol–water partition coefficient (Wildman–Crippen LogP) is 3.67. The van der Waals surface area contributed by atoms with Gasteiger partial charge >= 0.3 is 0 Å². The summed E-state index contributed by atoms with van der Waals surface area (Å²) in [4.78, 5) is 20.3. The summed E-state index contributed by atoms with van der Waals surface area (Å²) < 4.78 is 32.5. The summed E-state index contributed by atoms with van der Waals surface area (Å²) in [6, 6.07) is 11.0. The Morgan fingerprint density at radius 3 is 2.39 bits per heavy atom. The number of carbonyl (C=O) groups is 1. The lowest BCUT2D eigenvalue weighted by molar-refractivity contribution is 0.102. The van der Waals surface area contributed by atoms with E-state index in [4.69, 9.17) is 4.74 Å². The summed E-state index contributed by atoms with van der Waals surface area (Å²) in [7, 11) is 1.62. The second-order valence-electron chi connectivity index (χ2n) is 5.83. The number of para-hydroxylation sites is 2. The summed E-state index contributed by atoms with van der Waals surface area (Å²) >= 11 is 0. The Labute approximate surface area is 160 Å². The minimum atomic E-state index is -0.858. The monoisotopic (exact) mass is 384 g/mol. The summed E-state index contributed by atoms with van der Waals surface area (Å²) in [5, 5.41) is 5.24. The molecule has 0 spiro atoms. The van der Waals surface area contributed by atoms with Crippen LogP contribution in [0.5, 0.6) is 5.75 Å². The van der Waals surface area contributed by atoms with Gasteiger partial charge < -0.3 is 15.4 Å². The predicted molar refractivity (Wildman–Crippen MR) is 102 cm³/mol. The van der Waals surface area contributed by atoms with Gasteiger partial charge in [-0.15, -0.1) is 0 Å². The maximum absolute atomic E-state index is 13.6. The second kappa shape index (κ2) is 8.90. The van der Waals surface area contributed by atoms with Crippen molar-refractivity contribution in [2.24, 2.45) is 0 Å². The quantitative estimate of drug-likeness (QED) is 0.650. The van der Waals surface area contributed by atoms with Crippen LogP contribution in [0.3, 0.4) is 0 Å². The van der Waals surface area contributed by atoms with Crippen LogP contribution in [0.25, 0.3) is 0 Å². The largest absolute Gasteiger partial charge is 0.496 e. The highest BCUT2D eigenvalue weighted by Gasteiger charge is 2.14. The topological polar surface area (TPSA) is 76.1 Å². The first-order valence-electron chi connectivity index (χ1n) is 8.51. The molecule has 8 heteroatoms. The van der Waals surface area contributed by atoms with Crippen molar-refractivity contribution >= 4 is 17.5 Å². The first-order chi connectivity index (χ1) is 13.6. The number of benzene rings is 2. The van der Waals surface area contributed by atoms with Gasteiger partial charge in [0.15, 0.2) is 0 Å². The third-order valence-corrected chi connectivity index (χ3v) is 3.99. The average molecular weight is 384 g/mol. The fourth-order valence-electron chi connectivity index (χ4n) is 2.56. The normalized spacial score (nSPS) is 10.4. The van der Waals surface area contributed by atoms with E-state index in [-0.39, 0.29) is 5.56 Å². The number of carbonyl (C=O) groups excluding carboxylic acids is 1. The molecular formula is C20H18F2N4O2. The van der Waals surface area contributed by atoms with Gasteiger partial charge in [0.25, 0.3) is 5.91 Å². The van der Waals surface area contributed by atoms with E-state index in [9.17, 15) is 13.6 Å². The highest BCUT2D eigenvalue weighted by Crippen LogP contribution is 2.19. The number of nitrogens with one attached hydrogen (secondary N) is 2. The number of amides is 1. The lowest BCUT2D eigenvalue weighted by Gasteiger charge is -2.09. The van der Waals surface area contributed by atoms with Gasteiger partial charge in [-0.05, 0) is 30.2 Å². The zero-order valence-electron chi connectivity index (χ0n) is 15.1. The van der Waals surface area contributed by atoms with Crippen LogP contribution in [-0.2, 0) is 6.42 Å². The van der Waals surface area contributed by atoms with Crippen LogP contribution in [0.4, 0.5) is 20.4 Å². The molecule has 0 radical (unpaired) electrons. The number of anilines is 2. The van der Waals surface area contributed by atoms with Crippen LogP contribution in [0.15, 0.2) is 54.9 Å². The smallest absolute Gasteiger partial charge is 0.258 e. The molecule has 28 heavy (non-hydrogen) atoms. The van der Waals surface area contributed by atoms with Crippen molar-refractivity contribution in [3.05, 3.63) is 77.6 Å². The van der Waals surface area contributed by atoms with Crippen LogP contribution >= 0.6 is 0 Å². The molecule has 0 aliphatic heterocycles. The maximum Gasteiger partial charge on any atom is 0.258 e. The van der Waals surface area contributed by atoms with Gasteiger partial charge in [-0.25, -0.2) is 18.7 Å². The Hall–Kier alpha value is -3.55. The van der Waals surface area contributed by atoms with Crippen molar-refractivity contribution in [3.63, 3.8) is 0 Å². The lowest BCUT2D eigenvalue weighted by Crippen LogP contribution is -2.16. The number of halogens is 2. The Kier molecular flexibility index (Phi) is 6.11. The van der Waals surface area contributed by atoms with E-state index in [0.717, 1.165) is 23.4 Å². The SMILES string of the molecule is COc1ccccc1CCNc1ncc(C(=O)Nc2c(F)cccc2F)cn1. The summed E-state index contributed by atoms with van der Waals surface area (Å²) in [5.41, 5.74) is 0.616. The molecule has 0 fully saturated rings. The molecule has 0 aliphatic rings. The number of hydrogen-bond acceptors (Lipinski definition) is 5. The van der Waals surface area contributed by atoms with Crippen molar-refractivity contribution in [1.29, 1.82) is 0 Å². The average Bonchev–Trinajstić information content (AvgIpc) is 2.71.